The van der Waals surface area contributed by atoms with Crippen molar-refractivity contribution in [1.82, 2.24) is 9.80 Å². The average molecular weight is 381 g/mol. The van der Waals surface area contributed by atoms with Gasteiger partial charge in [0.05, 0.1) is 13.2 Å². The lowest BCUT2D eigenvalue weighted by atomic mass is 9.96. The van der Waals surface area contributed by atoms with Gasteiger partial charge in [-0.05, 0) is 61.6 Å². The molecule has 4 rings (SSSR count). The van der Waals surface area contributed by atoms with Crippen LogP contribution in [0.3, 0.4) is 0 Å². The first-order valence-electron chi connectivity index (χ1n) is 10.7. The fraction of sp³-hybridized carbons (Fsp3) is 0.500. The molecule has 1 unspecified atom stereocenters. The Morgan fingerprint density at radius 3 is 2.79 bits per heavy atom. The van der Waals surface area contributed by atoms with Gasteiger partial charge in [-0.15, -0.1) is 0 Å². The first kappa shape index (κ1) is 19.4. The van der Waals surface area contributed by atoms with E-state index in [1.165, 1.54) is 42.5 Å². The Morgan fingerprint density at radius 2 is 1.96 bits per heavy atom. The maximum Gasteiger partial charge on any atom is 0.124 e. The van der Waals surface area contributed by atoms with Gasteiger partial charge < -0.3 is 9.84 Å². The van der Waals surface area contributed by atoms with Crippen molar-refractivity contribution in [1.29, 1.82) is 0 Å². The van der Waals surface area contributed by atoms with Crippen molar-refractivity contribution in [2.24, 2.45) is 0 Å². The molecular formula is C24H32N2O2. The Hall–Kier alpha value is -1.88. The largest absolute Gasteiger partial charge is 0.494 e. The van der Waals surface area contributed by atoms with E-state index in [1.54, 1.807) is 0 Å². The van der Waals surface area contributed by atoms with Crippen molar-refractivity contribution in [2.45, 2.75) is 51.9 Å². The lowest BCUT2D eigenvalue weighted by Gasteiger charge is -2.41. The van der Waals surface area contributed by atoms with Gasteiger partial charge in [-0.2, -0.15) is 0 Å². The van der Waals surface area contributed by atoms with Crippen LogP contribution in [0.2, 0.25) is 0 Å². The summed E-state index contributed by atoms with van der Waals surface area (Å²) in [4.78, 5) is 5.26. The minimum absolute atomic E-state index is 0.0268. The zero-order valence-corrected chi connectivity index (χ0v) is 16.9. The summed E-state index contributed by atoms with van der Waals surface area (Å²) in [5.74, 6) is 0.803. The van der Waals surface area contributed by atoms with Crippen LogP contribution in [0.15, 0.2) is 42.5 Å². The number of hydrogen-bond acceptors (Lipinski definition) is 4. The SMILES string of the molecule is CCOc1ccc(CN2CCCC(N3CCc4ccccc4C3)C2)cc1CO. The fourth-order valence-electron chi connectivity index (χ4n) is 4.71. The number of likely N-dealkylation sites (tertiary alicyclic amines) is 1. The molecule has 2 aromatic carbocycles. The van der Waals surface area contributed by atoms with Crippen molar-refractivity contribution in [3.05, 3.63) is 64.7 Å². The van der Waals surface area contributed by atoms with Gasteiger partial charge in [-0.25, -0.2) is 0 Å². The van der Waals surface area contributed by atoms with E-state index >= 15 is 0 Å². The molecule has 1 saturated heterocycles. The van der Waals surface area contributed by atoms with Crippen molar-refractivity contribution < 1.29 is 9.84 Å². The summed E-state index contributed by atoms with van der Waals surface area (Å²) in [6.07, 6.45) is 3.72. The van der Waals surface area contributed by atoms with Crippen LogP contribution < -0.4 is 4.74 Å². The number of piperidine rings is 1. The molecule has 0 saturated carbocycles. The number of aliphatic hydroxyl groups is 1. The van der Waals surface area contributed by atoms with Gasteiger partial charge in [0, 0.05) is 37.8 Å². The molecule has 28 heavy (non-hydrogen) atoms. The van der Waals surface area contributed by atoms with E-state index in [2.05, 4.69) is 46.2 Å². The predicted octanol–water partition coefficient (Wildman–Crippen LogP) is 3.60. The number of hydrogen-bond donors (Lipinski definition) is 1. The van der Waals surface area contributed by atoms with Gasteiger partial charge in [-0.3, -0.25) is 9.80 Å². The third-order valence-electron chi connectivity index (χ3n) is 6.16. The third-order valence-corrected chi connectivity index (χ3v) is 6.16. The van der Waals surface area contributed by atoms with Crippen molar-refractivity contribution in [3.63, 3.8) is 0 Å². The first-order chi connectivity index (χ1) is 13.8. The average Bonchev–Trinajstić information content (AvgIpc) is 2.75. The van der Waals surface area contributed by atoms with E-state index in [-0.39, 0.29) is 6.61 Å². The Kier molecular flexibility index (Phi) is 6.30. The van der Waals surface area contributed by atoms with E-state index in [1.807, 2.05) is 13.0 Å². The maximum absolute atomic E-state index is 9.67. The summed E-state index contributed by atoms with van der Waals surface area (Å²) in [6.45, 7) is 8.12. The number of rotatable bonds is 6. The van der Waals surface area contributed by atoms with Gasteiger partial charge >= 0.3 is 0 Å². The minimum Gasteiger partial charge on any atom is -0.494 e. The summed E-state index contributed by atoms with van der Waals surface area (Å²) in [5.41, 5.74) is 5.18. The van der Waals surface area contributed by atoms with Gasteiger partial charge in [0.15, 0.2) is 0 Å². The van der Waals surface area contributed by atoms with Crippen LogP contribution in [0.5, 0.6) is 5.75 Å². The van der Waals surface area contributed by atoms with Crippen LogP contribution in [0.1, 0.15) is 42.0 Å². The van der Waals surface area contributed by atoms with E-state index in [0.29, 0.717) is 12.6 Å². The van der Waals surface area contributed by atoms with Crippen LogP contribution >= 0.6 is 0 Å². The number of fused-ring (bicyclic) bond motifs is 1. The monoisotopic (exact) mass is 380 g/mol. The Morgan fingerprint density at radius 1 is 1.11 bits per heavy atom. The molecule has 2 aromatic rings. The second kappa shape index (κ2) is 9.08. The fourth-order valence-corrected chi connectivity index (χ4v) is 4.71. The Bertz CT molecular complexity index is 792. The molecule has 2 aliphatic rings. The minimum atomic E-state index is 0.0268. The van der Waals surface area contributed by atoms with Crippen LogP contribution in [-0.2, 0) is 26.1 Å². The molecule has 0 bridgehead atoms. The lowest BCUT2D eigenvalue weighted by Crippen LogP contribution is -2.49. The van der Waals surface area contributed by atoms with Crippen molar-refractivity contribution in [2.75, 3.05) is 26.2 Å². The van der Waals surface area contributed by atoms with Crippen LogP contribution in [-0.4, -0.2) is 47.2 Å². The van der Waals surface area contributed by atoms with E-state index in [0.717, 1.165) is 37.5 Å². The van der Waals surface area contributed by atoms with Crippen LogP contribution in [0, 0.1) is 0 Å². The van der Waals surface area contributed by atoms with E-state index in [9.17, 15) is 5.11 Å². The molecule has 4 nitrogen and oxygen atoms in total. The topological polar surface area (TPSA) is 35.9 Å². The molecule has 0 amide bonds. The standard InChI is InChI=1S/C24H32N2O2/c1-2-28-24-10-9-19(14-22(24)18-27)15-25-12-5-8-23(17-25)26-13-11-20-6-3-4-7-21(20)16-26/h3-4,6-7,9-10,14,23,27H,2,5,8,11-13,15-18H2,1H3. The number of aliphatic hydroxyl groups excluding tert-OH is 1. The van der Waals surface area contributed by atoms with Gasteiger partial charge in [0.25, 0.3) is 0 Å². The van der Waals surface area contributed by atoms with E-state index in [4.69, 9.17) is 4.74 Å². The molecule has 0 spiro atoms. The first-order valence-corrected chi connectivity index (χ1v) is 10.7. The third kappa shape index (κ3) is 4.40. The molecule has 0 aromatic heterocycles. The molecule has 2 heterocycles. The predicted molar refractivity (Wildman–Crippen MR) is 112 cm³/mol. The highest BCUT2D eigenvalue weighted by molar-refractivity contribution is 5.37. The zero-order chi connectivity index (χ0) is 19.3. The normalized spacial score (nSPS) is 20.7. The van der Waals surface area contributed by atoms with E-state index < -0.39 is 0 Å². The molecule has 0 aliphatic carbocycles. The summed E-state index contributed by atoms with van der Waals surface area (Å²) in [5, 5.41) is 9.67. The van der Waals surface area contributed by atoms with Gasteiger partial charge in [0.2, 0.25) is 0 Å². The van der Waals surface area contributed by atoms with Crippen molar-refractivity contribution >= 4 is 0 Å². The number of ether oxygens (including phenoxy) is 1. The lowest BCUT2D eigenvalue weighted by molar-refractivity contribution is 0.0838. The van der Waals surface area contributed by atoms with Crippen LogP contribution in [0.25, 0.3) is 0 Å². The summed E-state index contributed by atoms with van der Waals surface area (Å²) in [6, 6.07) is 15.8. The molecule has 1 fully saturated rings. The summed E-state index contributed by atoms with van der Waals surface area (Å²) < 4.78 is 5.62. The highest BCUT2D eigenvalue weighted by atomic mass is 16.5. The quantitative estimate of drug-likeness (QED) is 0.831. The van der Waals surface area contributed by atoms with Gasteiger partial charge in [-0.1, -0.05) is 30.3 Å². The smallest absolute Gasteiger partial charge is 0.124 e. The Balaban J connectivity index is 1.39. The molecule has 0 radical (unpaired) electrons. The second-order valence-corrected chi connectivity index (χ2v) is 8.05. The van der Waals surface area contributed by atoms with Gasteiger partial charge in [0.1, 0.15) is 5.75 Å². The maximum atomic E-state index is 9.67. The van der Waals surface area contributed by atoms with Crippen LogP contribution in [0.4, 0.5) is 0 Å². The molecular weight excluding hydrogens is 348 g/mol. The zero-order valence-electron chi connectivity index (χ0n) is 16.9. The molecule has 1 atom stereocenters. The summed E-state index contributed by atoms with van der Waals surface area (Å²) in [7, 11) is 0. The molecule has 1 N–H and O–H groups in total. The molecule has 150 valence electrons. The molecule has 2 aliphatic heterocycles. The van der Waals surface area contributed by atoms with Crippen molar-refractivity contribution in [3.8, 4) is 5.75 Å². The highest BCUT2D eigenvalue weighted by Gasteiger charge is 2.27. The second-order valence-electron chi connectivity index (χ2n) is 8.05. The Labute approximate surface area is 168 Å². The molecule has 4 heteroatoms. The highest BCUT2D eigenvalue weighted by Crippen LogP contribution is 2.26. The summed E-state index contributed by atoms with van der Waals surface area (Å²) >= 11 is 0. The number of nitrogens with zero attached hydrogens (tertiary/aromatic N) is 2. The number of benzene rings is 2.